The summed E-state index contributed by atoms with van der Waals surface area (Å²) in [5, 5.41) is 1.13. The molecule has 1 fully saturated rings. The zero-order valence-corrected chi connectivity index (χ0v) is 29.9. The molecule has 0 N–H and O–H groups in total. The number of ether oxygens (including phenoxy) is 3. The summed E-state index contributed by atoms with van der Waals surface area (Å²) in [6, 6.07) is 20.4. The number of benzene rings is 4. The number of methoxy groups -OCH3 is 1. The quantitative estimate of drug-likeness (QED) is 0.132. The lowest BCUT2D eigenvalue weighted by atomic mass is 9.89. The van der Waals surface area contributed by atoms with E-state index in [-0.39, 0.29) is 67.9 Å². The molecule has 0 radical (unpaired) electrons. The standard InChI is InChI=1S/C40H35ClF6N2O5/c1-24-34(35-18-33(52-2)15-16-36(35)49(24)38(51)27-3-9-30(41)10-4-27)19-37(50)48-20-25(22-53-31-11-5-28(6-12-31)39(42,43)44)17-26(21-48)23-54-32-13-7-29(8-14-32)40(45,46)47/h3-16,18,25-26H,17,19-23H2,1-2H3. The topological polar surface area (TPSA) is 70.0 Å². The predicted molar refractivity (Wildman–Crippen MR) is 190 cm³/mol. The third-order valence-corrected chi connectivity index (χ3v) is 9.73. The monoisotopic (exact) mass is 772 g/mol. The number of amides is 1. The van der Waals surface area contributed by atoms with Gasteiger partial charge in [-0.3, -0.25) is 14.2 Å². The highest BCUT2D eigenvalue weighted by atomic mass is 35.5. The molecule has 284 valence electrons. The molecule has 0 aliphatic carbocycles. The van der Waals surface area contributed by atoms with Gasteiger partial charge in [0.1, 0.15) is 17.2 Å². The molecule has 1 aliphatic rings. The van der Waals surface area contributed by atoms with Crippen molar-refractivity contribution < 1.29 is 50.1 Å². The number of hydrogen-bond acceptors (Lipinski definition) is 5. The Hall–Kier alpha value is -5.17. The van der Waals surface area contributed by atoms with E-state index in [1.54, 1.807) is 58.9 Å². The number of aromatic nitrogens is 1. The third kappa shape index (κ3) is 8.78. The molecule has 7 nitrogen and oxygen atoms in total. The normalized spacial score (nSPS) is 16.4. The zero-order chi connectivity index (χ0) is 38.8. The number of piperidine rings is 1. The molecule has 1 aromatic heterocycles. The van der Waals surface area contributed by atoms with Crippen molar-refractivity contribution >= 4 is 34.3 Å². The fourth-order valence-electron chi connectivity index (χ4n) is 6.73. The van der Waals surface area contributed by atoms with E-state index in [1.807, 2.05) is 0 Å². The Kier molecular flexibility index (Phi) is 11.2. The lowest BCUT2D eigenvalue weighted by molar-refractivity contribution is -0.138. The van der Waals surface area contributed by atoms with Crippen molar-refractivity contribution in [2.75, 3.05) is 33.4 Å². The van der Waals surface area contributed by atoms with Crippen LogP contribution in [0.15, 0.2) is 91.0 Å². The Balaban J connectivity index is 1.24. The van der Waals surface area contributed by atoms with Gasteiger partial charge in [0.05, 0.1) is 43.4 Å². The Morgan fingerprint density at radius 2 is 1.24 bits per heavy atom. The van der Waals surface area contributed by atoms with Crippen LogP contribution >= 0.6 is 11.6 Å². The van der Waals surface area contributed by atoms with Gasteiger partial charge in [0, 0.05) is 46.6 Å². The smallest absolute Gasteiger partial charge is 0.416 e. The fourth-order valence-corrected chi connectivity index (χ4v) is 6.86. The summed E-state index contributed by atoms with van der Waals surface area (Å²) >= 11 is 6.06. The third-order valence-electron chi connectivity index (χ3n) is 9.48. The van der Waals surface area contributed by atoms with Crippen molar-refractivity contribution in [3.8, 4) is 17.2 Å². The predicted octanol–water partition coefficient (Wildman–Crippen LogP) is 9.50. The van der Waals surface area contributed by atoms with Gasteiger partial charge in [0.25, 0.3) is 5.91 Å². The van der Waals surface area contributed by atoms with E-state index < -0.39 is 23.5 Å². The second-order valence-electron chi connectivity index (χ2n) is 13.2. The zero-order valence-electron chi connectivity index (χ0n) is 29.1. The number of carbonyl (C=O) groups excluding carboxylic acids is 2. The summed E-state index contributed by atoms with van der Waals surface area (Å²) in [4.78, 5) is 29.7. The van der Waals surface area contributed by atoms with Crippen LogP contribution in [-0.2, 0) is 23.6 Å². The van der Waals surface area contributed by atoms with E-state index in [9.17, 15) is 35.9 Å². The van der Waals surface area contributed by atoms with E-state index >= 15 is 0 Å². The van der Waals surface area contributed by atoms with Gasteiger partial charge in [0.2, 0.25) is 5.91 Å². The van der Waals surface area contributed by atoms with Crippen LogP contribution in [0.4, 0.5) is 26.3 Å². The highest BCUT2D eigenvalue weighted by molar-refractivity contribution is 6.30. The lowest BCUT2D eigenvalue weighted by Gasteiger charge is -2.37. The first kappa shape index (κ1) is 38.6. The van der Waals surface area contributed by atoms with Crippen LogP contribution < -0.4 is 14.2 Å². The maximum Gasteiger partial charge on any atom is 0.416 e. The highest BCUT2D eigenvalue weighted by Gasteiger charge is 2.34. The second kappa shape index (κ2) is 15.7. The summed E-state index contributed by atoms with van der Waals surface area (Å²) < 4.78 is 97.3. The fraction of sp³-hybridized carbons (Fsp3) is 0.300. The van der Waals surface area contributed by atoms with E-state index in [4.69, 9.17) is 25.8 Å². The van der Waals surface area contributed by atoms with Gasteiger partial charge in [-0.25, -0.2) is 0 Å². The molecular weight excluding hydrogens is 738 g/mol. The van der Waals surface area contributed by atoms with Gasteiger partial charge in [-0.1, -0.05) is 11.6 Å². The summed E-state index contributed by atoms with van der Waals surface area (Å²) in [5.74, 6) is -0.0974. The number of hydrogen-bond donors (Lipinski definition) is 0. The summed E-state index contributed by atoms with van der Waals surface area (Å²) in [6.07, 6.45) is -8.56. The van der Waals surface area contributed by atoms with Crippen molar-refractivity contribution in [3.05, 3.63) is 124 Å². The molecule has 0 saturated carbocycles. The molecule has 4 aromatic carbocycles. The average Bonchev–Trinajstić information content (AvgIpc) is 3.42. The molecular formula is C40H35ClF6N2O5. The summed E-state index contributed by atoms with van der Waals surface area (Å²) in [5.41, 5.74) is 0.545. The minimum absolute atomic E-state index is 0.0740. The lowest BCUT2D eigenvalue weighted by Crippen LogP contribution is -2.47. The molecule has 5 aromatic rings. The first-order valence-electron chi connectivity index (χ1n) is 17.0. The number of fused-ring (bicyclic) bond motifs is 1. The van der Waals surface area contributed by atoms with Crippen molar-refractivity contribution in [3.63, 3.8) is 0 Å². The van der Waals surface area contributed by atoms with E-state index in [2.05, 4.69) is 0 Å². The van der Waals surface area contributed by atoms with E-state index in [0.29, 0.717) is 44.9 Å². The second-order valence-corrected chi connectivity index (χ2v) is 13.6. The Labute approximate surface area is 312 Å². The van der Waals surface area contributed by atoms with Crippen molar-refractivity contribution in [1.82, 2.24) is 9.47 Å². The maximum absolute atomic E-state index is 14.2. The first-order chi connectivity index (χ1) is 25.6. The number of carbonyl (C=O) groups is 2. The number of halogens is 7. The van der Waals surface area contributed by atoms with E-state index in [1.165, 1.54) is 31.4 Å². The SMILES string of the molecule is COc1ccc2c(c1)c(CC(=O)N1CC(COc3ccc(C(F)(F)F)cc3)CC(COc3ccc(C(F)(F)F)cc3)C1)c(C)n2C(=O)c1ccc(Cl)cc1. The van der Waals surface area contributed by atoms with Gasteiger partial charge < -0.3 is 19.1 Å². The minimum atomic E-state index is -4.50. The molecule has 54 heavy (non-hydrogen) atoms. The van der Waals surface area contributed by atoms with Crippen LogP contribution in [0.2, 0.25) is 5.02 Å². The molecule has 2 atom stereocenters. The molecule has 0 spiro atoms. The number of likely N-dealkylation sites (tertiary alicyclic amines) is 1. The van der Waals surface area contributed by atoms with Crippen molar-refractivity contribution in [2.45, 2.75) is 32.1 Å². The molecule has 2 heterocycles. The summed E-state index contributed by atoms with van der Waals surface area (Å²) in [7, 11) is 1.52. The molecule has 1 aliphatic heterocycles. The Morgan fingerprint density at radius 3 is 1.72 bits per heavy atom. The molecule has 0 bridgehead atoms. The van der Waals surface area contributed by atoms with Gasteiger partial charge in [-0.2, -0.15) is 26.3 Å². The van der Waals surface area contributed by atoms with Crippen LogP contribution in [0, 0.1) is 18.8 Å². The van der Waals surface area contributed by atoms with Crippen LogP contribution in [0.25, 0.3) is 10.9 Å². The Morgan fingerprint density at radius 1 is 0.741 bits per heavy atom. The van der Waals surface area contributed by atoms with Gasteiger partial charge >= 0.3 is 12.4 Å². The largest absolute Gasteiger partial charge is 0.497 e. The van der Waals surface area contributed by atoms with Crippen LogP contribution in [-0.4, -0.2) is 54.7 Å². The molecule has 1 saturated heterocycles. The minimum Gasteiger partial charge on any atom is -0.497 e. The van der Waals surface area contributed by atoms with Crippen LogP contribution in [0.5, 0.6) is 17.2 Å². The highest BCUT2D eigenvalue weighted by Crippen LogP contribution is 2.34. The van der Waals surface area contributed by atoms with Crippen LogP contribution in [0.1, 0.15) is 39.2 Å². The number of nitrogens with zero attached hydrogens (tertiary/aromatic N) is 2. The molecule has 2 unspecified atom stereocenters. The number of alkyl halides is 6. The maximum atomic E-state index is 14.2. The number of rotatable bonds is 10. The molecule has 1 amide bonds. The van der Waals surface area contributed by atoms with Crippen molar-refractivity contribution in [1.29, 1.82) is 0 Å². The van der Waals surface area contributed by atoms with Crippen LogP contribution in [0.3, 0.4) is 0 Å². The van der Waals surface area contributed by atoms with E-state index in [0.717, 1.165) is 24.3 Å². The first-order valence-corrected chi connectivity index (χ1v) is 17.3. The van der Waals surface area contributed by atoms with Crippen molar-refractivity contribution in [2.24, 2.45) is 11.8 Å². The molecule has 14 heteroatoms. The van der Waals surface area contributed by atoms with Gasteiger partial charge in [-0.05, 0) is 110 Å². The Bertz CT molecular complexity index is 2040. The van der Waals surface area contributed by atoms with Gasteiger partial charge in [0.15, 0.2) is 0 Å². The molecule has 6 rings (SSSR count). The summed E-state index contributed by atoms with van der Waals surface area (Å²) in [6.45, 7) is 2.45. The van der Waals surface area contributed by atoms with Gasteiger partial charge in [-0.15, -0.1) is 0 Å². The average molecular weight is 773 g/mol.